The minimum atomic E-state index is -0.143. The zero-order valence-corrected chi connectivity index (χ0v) is 20.3. The molecule has 4 fully saturated rings. The fraction of sp³-hybridized carbons (Fsp3) is 0.815. The Kier molecular flexibility index (Phi) is 6.93. The van der Waals surface area contributed by atoms with Gasteiger partial charge in [-0.3, -0.25) is 14.4 Å². The fourth-order valence-electron chi connectivity index (χ4n) is 9.18. The lowest BCUT2D eigenvalue weighted by Crippen LogP contribution is -2.63. The predicted molar refractivity (Wildman–Crippen MR) is 123 cm³/mol. The summed E-state index contributed by atoms with van der Waals surface area (Å²) in [7, 11) is 0. The monoisotopic (exact) mass is 460 g/mol. The number of fused-ring (bicyclic) bond motifs is 5. The van der Waals surface area contributed by atoms with Crippen LogP contribution in [-0.2, 0) is 28.6 Å². The Morgan fingerprint density at radius 3 is 2.33 bits per heavy atom. The van der Waals surface area contributed by atoms with Gasteiger partial charge < -0.3 is 14.2 Å². The molecule has 0 aromatic heterocycles. The highest BCUT2D eigenvalue weighted by Crippen LogP contribution is 2.69. The van der Waals surface area contributed by atoms with Gasteiger partial charge in [0.25, 0.3) is 19.4 Å². The highest BCUT2D eigenvalue weighted by atomic mass is 16.5. The molecule has 33 heavy (non-hydrogen) atoms. The van der Waals surface area contributed by atoms with Crippen LogP contribution in [0.25, 0.3) is 0 Å². The van der Waals surface area contributed by atoms with Gasteiger partial charge in [0.2, 0.25) is 0 Å². The van der Waals surface area contributed by atoms with Crippen LogP contribution in [0.4, 0.5) is 0 Å². The summed E-state index contributed by atoms with van der Waals surface area (Å²) >= 11 is 0. The zero-order chi connectivity index (χ0) is 23.8. The number of carbonyl (C=O) groups is 3. The molecule has 4 saturated carbocycles. The van der Waals surface area contributed by atoms with Gasteiger partial charge in [-0.2, -0.15) is 0 Å². The quantitative estimate of drug-likeness (QED) is 0.282. The van der Waals surface area contributed by atoms with Crippen molar-refractivity contribution in [3.05, 3.63) is 12.7 Å². The molecule has 0 saturated heterocycles. The van der Waals surface area contributed by atoms with E-state index in [0.29, 0.717) is 49.0 Å². The van der Waals surface area contributed by atoms with Crippen LogP contribution in [0.5, 0.6) is 0 Å². The van der Waals surface area contributed by atoms with E-state index in [1.807, 2.05) is 6.08 Å². The molecule has 1 unspecified atom stereocenters. The third-order valence-corrected chi connectivity index (χ3v) is 10.7. The van der Waals surface area contributed by atoms with E-state index < -0.39 is 0 Å². The van der Waals surface area contributed by atoms with Crippen LogP contribution in [0.1, 0.15) is 72.1 Å². The van der Waals surface area contributed by atoms with Gasteiger partial charge in [0, 0.05) is 11.3 Å². The van der Waals surface area contributed by atoms with Crippen molar-refractivity contribution in [1.29, 1.82) is 0 Å². The van der Waals surface area contributed by atoms with Crippen LogP contribution in [0.2, 0.25) is 0 Å². The lowest BCUT2D eigenvalue weighted by atomic mass is 9.43. The third kappa shape index (κ3) is 3.81. The van der Waals surface area contributed by atoms with Crippen molar-refractivity contribution in [3.8, 4) is 0 Å². The van der Waals surface area contributed by atoms with Crippen molar-refractivity contribution in [2.24, 2.45) is 46.3 Å². The molecule has 0 bridgehead atoms. The van der Waals surface area contributed by atoms with Crippen LogP contribution in [0, 0.1) is 46.3 Å². The molecular weight excluding hydrogens is 420 g/mol. The van der Waals surface area contributed by atoms with Gasteiger partial charge >= 0.3 is 0 Å². The maximum absolute atomic E-state index is 11.7. The van der Waals surface area contributed by atoms with E-state index in [9.17, 15) is 14.4 Å². The van der Waals surface area contributed by atoms with Crippen molar-refractivity contribution >= 4 is 19.4 Å². The average Bonchev–Trinajstić information content (AvgIpc) is 3.14. The molecule has 4 rings (SSSR count). The van der Waals surface area contributed by atoms with Crippen molar-refractivity contribution in [1.82, 2.24) is 0 Å². The lowest BCUT2D eigenvalue weighted by molar-refractivity contribution is -0.218. The summed E-state index contributed by atoms with van der Waals surface area (Å²) in [5, 5.41) is 0. The summed E-state index contributed by atoms with van der Waals surface area (Å²) in [6.07, 6.45) is 9.00. The number of ether oxygens (including phenoxy) is 3. The largest absolute Gasteiger partial charge is 0.465 e. The van der Waals surface area contributed by atoms with Gasteiger partial charge in [-0.05, 0) is 86.4 Å². The van der Waals surface area contributed by atoms with Crippen LogP contribution in [0.15, 0.2) is 12.7 Å². The third-order valence-electron chi connectivity index (χ3n) is 10.7. The molecule has 0 aliphatic heterocycles. The summed E-state index contributed by atoms with van der Waals surface area (Å²) in [4.78, 5) is 34.2. The van der Waals surface area contributed by atoms with Crippen LogP contribution < -0.4 is 0 Å². The first kappa shape index (κ1) is 24.3. The number of carbonyl (C=O) groups excluding carboxylic acids is 3. The predicted octanol–water partition coefficient (Wildman–Crippen LogP) is 4.70. The normalized spacial score (nSPS) is 47.1. The van der Waals surface area contributed by atoms with Crippen LogP contribution >= 0.6 is 0 Å². The van der Waals surface area contributed by atoms with Gasteiger partial charge in [0.15, 0.2) is 0 Å². The first-order valence-corrected chi connectivity index (χ1v) is 12.7. The van der Waals surface area contributed by atoms with Crippen molar-refractivity contribution in [3.63, 3.8) is 0 Å². The summed E-state index contributed by atoms with van der Waals surface area (Å²) in [5.74, 6) is 2.10. The molecule has 6 nitrogen and oxygen atoms in total. The van der Waals surface area contributed by atoms with Crippen molar-refractivity contribution in [2.75, 3.05) is 0 Å². The molecule has 0 aromatic carbocycles. The summed E-state index contributed by atoms with van der Waals surface area (Å²) in [6, 6.07) is 0. The van der Waals surface area contributed by atoms with Crippen molar-refractivity contribution < 1.29 is 28.6 Å². The van der Waals surface area contributed by atoms with Gasteiger partial charge in [-0.25, -0.2) is 0 Å². The van der Waals surface area contributed by atoms with Crippen LogP contribution in [-0.4, -0.2) is 37.7 Å². The maximum Gasteiger partial charge on any atom is 0.293 e. The lowest BCUT2D eigenvalue weighted by Gasteiger charge is -2.64. The zero-order valence-electron chi connectivity index (χ0n) is 20.3. The smallest absolute Gasteiger partial charge is 0.293 e. The number of hydrogen-bond acceptors (Lipinski definition) is 6. The molecule has 11 atom stereocenters. The molecule has 0 N–H and O–H groups in total. The second-order valence-corrected chi connectivity index (χ2v) is 11.6. The highest BCUT2D eigenvalue weighted by molar-refractivity contribution is 5.39. The SMILES string of the molecule is C=CCC(C)[C@H]1CC[C@H]2[C@@H]3[C@H](OC=O)C[C@@H]4C[C@H](OC=O)CC[C@]4(C)[C@H]3C[C@H](OC=O)[C@]12C. The Labute approximate surface area is 197 Å². The molecule has 0 amide bonds. The molecule has 0 heterocycles. The molecule has 0 radical (unpaired) electrons. The number of hydrogen-bond donors (Lipinski definition) is 0. The minimum absolute atomic E-state index is 0.0484. The number of rotatable bonds is 9. The average molecular weight is 461 g/mol. The Bertz CT molecular complexity index is 753. The van der Waals surface area contributed by atoms with E-state index in [1.54, 1.807) is 0 Å². The van der Waals surface area contributed by atoms with E-state index in [2.05, 4.69) is 27.4 Å². The first-order chi connectivity index (χ1) is 15.8. The Hall–Kier alpha value is -1.85. The Morgan fingerprint density at radius 2 is 1.67 bits per heavy atom. The molecule has 4 aliphatic carbocycles. The Balaban J connectivity index is 1.72. The molecule has 6 heteroatoms. The molecule has 4 aliphatic rings. The summed E-state index contributed by atoms with van der Waals surface area (Å²) in [5.41, 5.74) is -0.0944. The summed E-state index contributed by atoms with van der Waals surface area (Å²) < 4.78 is 17.1. The maximum atomic E-state index is 11.7. The van der Waals surface area contributed by atoms with E-state index in [4.69, 9.17) is 14.2 Å². The molecular formula is C27H40O6. The van der Waals surface area contributed by atoms with E-state index >= 15 is 0 Å². The first-order valence-electron chi connectivity index (χ1n) is 12.7. The van der Waals surface area contributed by atoms with Crippen molar-refractivity contribution in [2.45, 2.75) is 90.4 Å². The Morgan fingerprint density at radius 1 is 0.939 bits per heavy atom. The number of allylic oxidation sites excluding steroid dienone is 1. The minimum Gasteiger partial charge on any atom is -0.465 e. The van der Waals surface area contributed by atoms with Gasteiger partial charge in [0.1, 0.15) is 18.3 Å². The second kappa shape index (κ2) is 9.42. The molecule has 0 aromatic rings. The molecule has 184 valence electrons. The highest BCUT2D eigenvalue weighted by Gasteiger charge is 2.67. The summed E-state index contributed by atoms with van der Waals surface area (Å²) in [6.45, 7) is 12.7. The van der Waals surface area contributed by atoms with Crippen LogP contribution in [0.3, 0.4) is 0 Å². The van der Waals surface area contributed by atoms with E-state index in [-0.39, 0.29) is 35.1 Å². The van der Waals surface area contributed by atoms with E-state index in [1.165, 1.54) is 0 Å². The standard InChI is InChI=1S/C27H40O6/c1-5-6-17(2)20-7-8-21-25-22(13-24(33-16-30)27(20,21)4)26(3)10-9-19(31-14-28)11-18(26)12-23(25)32-15-29/h5,14-25H,1,6-13H2,2-4H3/t17?,18-,19+,20+,21-,22-,23+,24-,25-,26-,27+/m0/s1. The second-order valence-electron chi connectivity index (χ2n) is 11.6. The van der Waals surface area contributed by atoms with Gasteiger partial charge in [-0.15, -0.1) is 6.58 Å². The van der Waals surface area contributed by atoms with E-state index in [0.717, 1.165) is 51.4 Å². The fourth-order valence-corrected chi connectivity index (χ4v) is 9.18. The topological polar surface area (TPSA) is 78.9 Å². The van der Waals surface area contributed by atoms with Gasteiger partial charge in [0.05, 0.1) is 0 Å². The molecule has 0 spiro atoms. The van der Waals surface area contributed by atoms with Gasteiger partial charge in [-0.1, -0.05) is 26.8 Å².